The number of amides is 2. The largest absolute Gasteiger partial charge is 0.364 e. The first-order valence-corrected chi connectivity index (χ1v) is 13.6. The summed E-state index contributed by atoms with van der Waals surface area (Å²) in [5, 5.41) is 0. The zero-order chi connectivity index (χ0) is 25.8. The Morgan fingerprint density at radius 2 is 0.972 bits per heavy atom. The second-order valence-electron chi connectivity index (χ2n) is 11.7. The lowest BCUT2D eigenvalue weighted by atomic mass is 9.83. The zero-order valence-corrected chi connectivity index (χ0v) is 22.0. The molecule has 2 amide bonds. The molecule has 4 N–H and O–H groups in total. The number of likely N-dealkylation sites (N-methyl/N-ethyl adjacent to an activating group) is 2. The molecule has 2 unspecified atom stereocenters. The monoisotopic (exact) mass is 492 g/mol. The van der Waals surface area contributed by atoms with Gasteiger partial charge >= 0.3 is 0 Å². The van der Waals surface area contributed by atoms with Crippen LogP contribution in [0.2, 0.25) is 0 Å². The number of primary amides is 2. The van der Waals surface area contributed by atoms with Crippen LogP contribution in [0.1, 0.15) is 61.7 Å². The molecular weight excluding hydrogens is 448 g/mol. The Hall–Kier alpha value is -2.70. The van der Waals surface area contributed by atoms with Crippen LogP contribution in [0.5, 0.6) is 0 Å². The van der Waals surface area contributed by atoms with E-state index in [-0.39, 0.29) is 23.9 Å². The number of carbonyl (C=O) groups excluding carboxylic acids is 2. The van der Waals surface area contributed by atoms with E-state index >= 15 is 0 Å². The van der Waals surface area contributed by atoms with Gasteiger partial charge in [0, 0.05) is 11.1 Å². The summed E-state index contributed by atoms with van der Waals surface area (Å²) in [5.74, 6) is 0.975. The first-order chi connectivity index (χ1) is 17.2. The van der Waals surface area contributed by atoms with Crippen LogP contribution in [0.3, 0.4) is 0 Å². The summed E-state index contributed by atoms with van der Waals surface area (Å²) in [6, 6.07) is 19.5. The molecule has 4 rings (SSSR count). The fourth-order valence-corrected chi connectivity index (χ4v) is 6.92. The Labute approximate surface area is 216 Å². The fraction of sp³-hybridized carbons (Fsp3) is 0.533. The van der Waals surface area contributed by atoms with Crippen molar-refractivity contribution in [3.63, 3.8) is 0 Å². The molecule has 2 heterocycles. The average molecular weight is 493 g/mol. The molecule has 2 atom stereocenters. The second-order valence-corrected chi connectivity index (χ2v) is 11.7. The molecule has 36 heavy (non-hydrogen) atoms. The topological polar surface area (TPSA) is 86.2 Å². The molecule has 0 radical (unpaired) electrons. The maximum absolute atomic E-state index is 12.4. The van der Waals surface area contributed by atoms with Crippen LogP contribution in [0.15, 0.2) is 60.7 Å². The van der Waals surface area contributed by atoms with Crippen LogP contribution in [-0.4, -0.2) is 61.1 Å². The van der Waals surface area contributed by atoms with Crippen LogP contribution < -0.4 is 11.5 Å². The van der Waals surface area contributed by atoms with Gasteiger partial charge in [0.2, 0.25) is 0 Å². The molecule has 194 valence electrons. The minimum absolute atomic E-state index is 0.227. The lowest BCUT2D eigenvalue weighted by molar-refractivity contribution is -0.936. The first kappa shape index (κ1) is 26.4. The van der Waals surface area contributed by atoms with E-state index in [1.165, 1.54) is 12.8 Å². The van der Waals surface area contributed by atoms with E-state index < -0.39 is 0 Å². The highest BCUT2D eigenvalue weighted by Crippen LogP contribution is 2.38. The molecule has 0 aromatic heterocycles. The highest BCUT2D eigenvalue weighted by atomic mass is 16.2. The quantitative estimate of drug-likeness (QED) is 0.520. The standard InChI is InChI=1S/C30H42N4O2/c1-33(27(29(31)35)25-9-5-3-6-10-25)19-15-23(16-20-33)13-14-24-17-21-34(2,22-18-24)28(30(32)36)26-11-7-4-8-12-26/h3-12,23-24,27-28H,13-22H2,1-2H3,(H2-2,31,32,35,36)/p+2. The molecule has 0 saturated carbocycles. The molecule has 0 spiro atoms. The molecule has 2 fully saturated rings. The lowest BCUT2D eigenvalue weighted by Gasteiger charge is -2.46. The van der Waals surface area contributed by atoms with E-state index in [0.717, 1.165) is 63.0 Å². The van der Waals surface area contributed by atoms with Gasteiger partial charge in [0.25, 0.3) is 11.8 Å². The Morgan fingerprint density at radius 3 is 1.25 bits per heavy atom. The molecule has 2 saturated heterocycles. The Kier molecular flexibility index (Phi) is 8.16. The number of benzene rings is 2. The van der Waals surface area contributed by atoms with Crippen molar-refractivity contribution in [3.05, 3.63) is 71.8 Å². The van der Waals surface area contributed by atoms with Crippen molar-refractivity contribution in [2.24, 2.45) is 23.3 Å². The molecule has 0 bridgehead atoms. The molecule has 0 aliphatic carbocycles. The molecule has 6 heteroatoms. The SMILES string of the molecule is C[N+]1(C(C(N)=O)c2ccccc2)CCC(CCC2CC[N+](C)(C(C(N)=O)c3ccccc3)CC2)CC1. The van der Waals surface area contributed by atoms with Gasteiger partial charge in [-0.2, -0.15) is 0 Å². The fourth-order valence-electron chi connectivity index (χ4n) is 6.92. The number of piperidine rings is 2. The Morgan fingerprint density at radius 1 is 0.667 bits per heavy atom. The number of rotatable bonds is 9. The van der Waals surface area contributed by atoms with Crippen molar-refractivity contribution in [1.29, 1.82) is 0 Å². The van der Waals surface area contributed by atoms with Gasteiger partial charge in [-0.1, -0.05) is 60.7 Å². The van der Waals surface area contributed by atoms with Gasteiger partial charge in [-0.3, -0.25) is 9.59 Å². The predicted molar refractivity (Wildman–Crippen MR) is 143 cm³/mol. The molecule has 6 nitrogen and oxygen atoms in total. The van der Waals surface area contributed by atoms with Crippen molar-refractivity contribution in [2.45, 2.75) is 50.6 Å². The van der Waals surface area contributed by atoms with Gasteiger partial charge in [0.05, 0.1) is 40.3 Å². The predicted octanol–water partition coefficient (Wildman–Crippen LogP) is 3.93. The van der Waals surface area contributed by atoms with Gasteiger partial charge in [-0.25, -0.2) is 0 Å². The van der Waals surface area contributed by atoms with Crippen molar-refractivity contribution in [2.75, 3.05) is 40.3 Å². The van der Waals surface area contributed by atoms with Crippen LogP contribution in [0, 0.1) is 11.8 Å². The lowest BCUT2D eigenvalue weighted by Crippen LogP contribution is -2.56. The number of likely N-dealkylation sites (tertiary alicyclic amines) is 2. The van der Waals surface area contributed by atoms with Gasteiger partial charge in [-0.05, 0) is 50.4 Å². The van der Waals surface area contributed by atoms with Crippen molar-refractivity contribution < 1.29 is 18.6 Å². The van der Waals surface area contributed by atoms with Crippen LogP contribution in [0.4, 0.5) is 0 Å². The van der Waals surface area contributed by atoms with E-state index in [9.17, 15) is 9.59 Å². The molecule has 2 aliphatic rings. The van der Waals surface area contributed by atoms with E-state index in [1.54, 1.807) is 0 Å². The summed E-state index contributed by atoms with van der Waals surface area (Å²) < 4.78 is 1.42. The maximum atomic E-state index is 12.4. The number of hydrogen-bond acceptors (Lipinski definition) is 2. The van der Waals surface area contributed by atoms with Crippen LogP contribution in [0.25, 0.3) is 0 Å². The number of nitrogens with zero attached hydrogens (tertiary/aromatic N) is 2. The van der Waals surface area contributed by atoms with Crippen molar-refractivity contribution >= 4 is 11.8 Å². The van der Waals surface area contributed by atoms with Crippen molar-refractivity contribution in [3.8, 4) is 0 Å². The minimum atomic E-state index is -0.274. The molecular formula is C30H44N4O2+2. The number of nitrogens with two attached hydrogens (primary N) is 2. The molecule has 2 aliphatic heterocycles. The summed E-state index contributed by atoms with van der Waals surface area (Å²) >= 11 is 0. The molecule has 2 aromatic carbocycles. The van der Waals surface area contributed by atoms with E-state index in [0.29, 0.717) is 20.8 Å². The second kappa shape index (κ2) is 11.1. The number of hydrogen-bond donors (Lipinski definition) is 2. The number of quaternary nitrogens is 2. The first-order valence-electron chi connectivity index (χ1n) is 13.6. The maximum Gasteiger partial charge on any atom is 0.280 e. The third kappa shape index (κ3) is 5.81. The highest BCUT2D eigenvalue weighted by Gasteiger charge is 2.43. The van der Waals surface area contributed by atoms with Crippen LogP contribution in [-0.2, 0) is 9.59 Å². The third-order valence-corrected chi connectivity index (χ3v) is 9.19. The minimum Gasteiger partial charge on any atom is -0.364 e. The van der Waals surface area contributed by atoms with Gasteiger partial charge in [-0.15, -0.1) is 0 Å². The van der Waals surface area contributed by atoms with E-state index in [4.69, 9.17) is 11.5 Å². The molecule has 2 aromatic rings. The van der Waals surface area contributed by atoms with Gasteiger partial charge in [0.15, 0.2) is 12.1 Å². The highest BCUT2D eigenvalue weighted by molar-refractivity contribution is 5.80. The Balaban J connectivity index is 1.28. The van der Waals surface area contributed by atoms with Crippen molar-refractivity contribution in [1.82, 2.24) is 0 Å². The zero-order valence-electron chi connectivity index (χ0n) is 22.0. The summed E-state index contributed by atoms with van der Waals surface area (Å²) in [7, 11) is 4.39. The Bertz CT molecular complexity index is 926. The number of carbonyl (C=O) groups is 2. The van der Waals surface area contributed by atoms with Gasteiger partial charge < -0.3 is 20.4 Å². The normalized spacial score (nSPS) is 30.3. The van der Waals surface area contributed by atoms with Crippen LogP contribution >= 0.6 is 0 Å². The summed E-state index contributed by atoms with van der Waals surface area (Å²) in [6.45, 7) is 3.96. The third-order valence-electron chi connectivity index (χ3n) is 9.19. The summed E-state index contributed by atoms with van der Waals surface area (Å²) in [4.78, 5) is 24.9. The summed E-state index contributed by atoms with van der Waals surface area (Å²) in [6.07, 6.45) is 7.07. The smallest absolute Gasteiger partial charge is 0.280 e. The summed E-state index contributed by atoms with van der Waals surface area (Å²) in [5.41, 5.74) is 13.8. The average Bonchev–Trinajstić information content (AvgIpc) is 2.86. The van der Waals surface area contributed by atoms with E-state index in [2.05, 4.69) is 14.1 Å². The van der Waals surface area contributed by atoms with E-state index in [1.807, 2.05) is 60.7 Å². The van der Waals surface area contributed by atoms with Gasteiger partial charge in [0.1, 0.15) is 0 Å².